The van der Waals surface area contributed by atoms with Crippen LogP contribution in [0.25, 0.3) is 0 Å². The first kappa shape index (κ1) is 14.2. The van der Waals surface area contributed by atoms with Gasteiger partial charge in [-0.05, 0) is 36.5 Å². The van der Waals surface area contributed by atoms with Crippen LogP contribution >= 0.6 is 0 Å². The highest BCUT2D eigenvalue weighted by Gasteiger charge is 2.33. The van der Waals surface area contributed by atoms with Gasteiger partial charge >= 0.3 is 0 Å². The van der Waals surface area contributed by atoms with E-state index in [2.05, 4.69) is 40.6 Å². The van der Waals surface area contributed by atoms with Gasteiger partial charge in [-0.15, -0.1) is 0 Å². The number of methoxy groups -OCH3 is 1. The summed E-state index contributed by atoms with van der Waals surface area (Å²) in [5.41, 5.74) is 2.31. The van der Waals surface area contributed by atoms with Crippen molar-refractivity contribution in [2.75, 3.05) is 13.7 Å². The van der Waals surface area contributed by atoms with E-state index >= 15 is 0 Å². The fourth-order valence-corrected chi connectivity index (χ4v) is 2.76. The summed E-state index contributed by atoms with van der Waals surface area (Å²) in [4.78, 5) is 4.55. The molecule has 1 aliphatic rings. The van der Waals surface area contributed by atoms with E-state index < -0.39 is 0 Å². The molecular weight excluding hydrogens is 260 g/mol. The van der Waals surface area contributed by atoms with Crippen LogP contribution in [0.2, 0.25) is 0 Å². The predicted molar refractivity (Wildman–Crippen MR) is 84.0 cm³/mol. The van der Waals surface area contributed by atoms with Crippen molar-refractivity contribution in [3.8, 4) is 0 Å². The summed E-state index contributed by atoms with van der Waals surface area (Å²) in [5, 5.41) is 3.76. The van der Waals surface area contributed by atoms with Crippen molar-refractivity contribution >= 4 is 0 Å². The maximum atomic E-state index is 5.40. The average molecular weight is 282 g/mol. The van der Waals surface area contributed by atoms with E-state index in [9.17, 15) is 0 Å². The molecule has 0 radical (unpaired) electrons. The Bertz CT molecular complexity index is 500. The molecule has 3 rings (SSSR count). The van der Waals surface area contributed by atoms with Gasteiger partial charge in [0.25, 0.3) is 0 Å². The molecule has 3 heteroatoms. The van der Waals surface area contributed by atoms with E-state index in [1.165, 1.54) is 18.4 Å². The van der Waals surface area contributed by atoms with Gasteiger partial charge < -0.3 is 4.74 Å². The van der Waals surface area contributed by atoms with E-state index in [1.54, 1.807) is 7.11 Å². The molecule has 0 unspecified atom stereocenters. The second kappa shape index (κ2) is 6.83. The highest BCUT2D eigenvalue weighted by molar-refractivity contribution is 5.27. The Morgan fingerprint density at radius 2 is 1.90 bits per heavy atom. The van der Waals surface area contributed by atoms with Crippen molar-refractivity contribution in [1.82, 2.24) is 10.3 Å². The third-order valence-corrected chi connectivity index (χ3v) is 4.03. The van der Waals surface area contributed by atoms with Crippen LogP contribution in [0.4, 0.5) is 0 Å². The largest absolute Gasteiger partial charge is 0.383 e. The van der Waals surface area contributed by atoms with E-state index in [-0.39, 0.29) is 6.04 Å². The van der Waals surface area contributed by atoms with Crippen LogP contribution in [0.5, 0.6) is 0 Å². The normalized spacial score (nSPS) is 17.4. The van der Waals surface area contributed by atoms with Gasteiger partial charge in [0.15, 0.2) is 0 Å². The molecular formula is C18H22N2O. The van der Waals surface area contributed by atoms with Gasteiger partial charge in [0.2, 0.25) is 0 Å². The molecule has 1 aliphatic carbocycles. The summed E-state index contributed by atoms with van der Waals surface area (Å²) in [6.45, 7) is 0.751. The number of nitrogens with zero attached hydrogens (tertiary/aromatic N) is 1. The van der Waals surface area contributed by atoms with Crippen LogP contribution in [0.3, 0.4) is 0 Å². The van der Waals surface area contributed by atoms with Crippen molar-refractivity contribution in [2.24, 2.45) is 5.92 Å². The van der Waals surface area contributed by atoms with Crippen LogP contribution in [0.15, 0.2) is 54.7 Å². The van der Waals surface area contributed by atoms with Crippen molar-refractivity contribution in [3.63, 3.8) is 0 Å². The molecule has 0 bridgehead atoms. The molecule has 0 spiro atoms. The third kappa shape index (κ3) is 3.69. The van der Waals surface area contributed by atoms with E-state index in [0.717, 1.165) is 18.2 Å². The van der Waals surface area contributed by atoms with Crippen LogP contribution in [-0.2, 0) is 4.74 Å². The molecule has 1 saturated carbocycles. The first-order chi connectivity index (χ1) is 10.4. The van der Waals surface area contributed by atoms with E-state index in [1.807, 2.05) is 24.4 Å². The number of nitrogens with one attached hydrogen (secondary N) is 1. The lowest BCUT2D eigenvalue weighted by Gasteiger charge is -2.25. The Labute approximate surface area is 126 Å². The average Bonchev–Trinajstić information content (AvgIpc) is 3.38. The molecule has 3 nitrogen and oxygen atoms in total. The SMILES string of the molecule is COC[C@H](N[C@H](c1ccccc1)c1ccccn1)C1CC1. The minimum atomic E-state index is 0.119. The Hall–Kier alpha value is -1.71. The summed E-state index contributed by atoms with van der Waals surface area (Å²) >= 11 is 0. The zero-order chi connectivity index (χ0) is 14.5. The number of aromatic nitrogens is 1. The second-order valence-electron chi connectivity index (χ2n) is 5.66. The molecule has 2 aromatic rings. The Balaban J connectivity index is 1.85. The standard InChI is InChI=1S/C18H22N2O/c1-21-13-17(14-10-11-14)20-18(15-7-3-2-4-8-15)16-9-5-6-12-19-16/h2-9,12,14,17-18,20H,10-11,13H2,1H3/t17-,18+/m0/s1. The minimum absolute atomic E-state index is 0.119. The predicted octanol–water partition coefficient (Wildman–Crippen LogP) is 3.19. The van der Waals surface area contributed by atoms with Gasteiger partial charge in [0.05, 0.1) is 18.3 Å². The molecule has 0 aliphatic heterocycles. The Morgan fingerprint density at radius 1 is 1.14 bits per heavy atom. The molecule has 0 saturated heterocycles. The lowest BCUT2D eigenvalue weighted by atomic mass is 10.0. The topological polar surface area (TPSA) is 34.1 Å². The van der Waals surface area contributed by atoms with Crippen molar-refractivity contribution in [3.05, 3.63) is 66.0 Å². The fourth-order valence-electron chi connectivity index (χ4n) is 2.76. The minimum Gasteiger partial charge on any atom is -0.383 e. The fraction of sp³-hybridized carbons (Fsp3) is 0.389. The van der Waals surface area contributed by atoms with Crippen LogP contribution < -0.4 is 5.32 Å². The zero-order valence-electron chi connectivity index (χ0n) is 12.4. The number of pyridine rings is 1. The zero-order valence-corrected chi connectivity index (χ0v) is 12.4. The number of hydrogen-bond donors (Lipinski definition) is 1. The second-order valence-corrected chi connectivity index (χ2v) is 5.66. The first-order valence-corrected chi connectivity index (χ1v) is 7.59. The third-order valence-electron chi connectivity index (χ3n) is 4.03. The summed E-state index contributed by atoms with van der Waals surface area (Å²) in [6.07, 6.45) is 4.45. The van der Waals surface area contributed by atoms with Gasteiger partial charge in [0.1, 0.15) is 0 Å². The van der Waals surface area contributed by atoms with Crippen molar-refractivity contribution < 1.29 is 4.74 Å². The lowest BCUT2D eigenvalue weighted by molar-refractivity contribution is 0.153. The molecule has 1 N–H and O–H groups in total. The summed E-state index contributed by atoms with van der Waals surface area (Å²) in [6, 6.07) is 17.1. The van der Waals surface area contributed by atoms with Gasteiger partial charge in [0, 0.05) is 19.3 Å². The molecule has 1 fully saturated rings. The number of ether oxygens (including phenoxy) is 1. The van der Waals surface area contributed by atoms with Crippen LogP contribution in [-0.4, -0.2) is 24.7 Å². The molecule has 1 heterocycles. The number of benzene rings is 1. The summed E-state index contributed by atoms with van der Waals surface area (Å²) in [5.74, 6) is 0.736. The quantitative estimate of drug-likeness (QED) is 0.847. The molecule has 21 heavy (non-hydrogen) atoms. The Morgan fingerprint density at radius 3 is 2.52 bits per heavy atom. The Kier molecular flexibility index (Phi) is 4.63. The van der Waals surface area contributed by atoms with Gasteiger partial charge in [-0.25, -0.2) is 0 Å². The molecule has 2 atom stereocenters. The molecule has 1 aromatic heterocycles. The van der Waals surface area contributed by atoms with Gasteiger partial charge in [-0.2, -0.15) is 0 Å². The van der Waals surface area contributed by atoms with Crippen LogP contribution in [0.1, 0.15) is 30.1 Å². The van der Waals surface area contributed by atoms with E-state index in [4.69, 9.17) is 4.74 Å². The van der Waals surface area contributed by atoms with Crippen molar-refractivity contribution in [2.45, 2.75) is 24.9 Å². The van der Waals surface area contributed by atoms with Gasteiger partial charge in [-0.3, -0.25) is 10.3 Å². The van der Waals surface area contributed by atoms with Gasteiger partial charge in [-0.1, -0.05) is 36.4 Å². The first-order valence-electron chi connectivity index (χ1n) is 7.59. The maximum Gasteiger partial charge on any atom is 0.0754 e. The number of rotatable bonds is 7. The number of hydrogen-bond acceptors (Lipinski definition) is 3. The summed E-state index contributed by atoms with van der Waals surface area (Å²) in [7, 11) is 1.77. The maximum absolute atomic E-state index is 5.40. The molecule has 0 amide bonds. The van der Waals surface area contributed by atoms with Crippen LogP contribution in [0, 0.1) is 5.92 Å². The highest BCUT2D eigenvalue weighted by Crippen LogP contribution is 2.34. The van der Waals surface area contributed by atoms with E-state index in [0.29, 0.717) is 6.04 Å². The summed E-state index contributed by atoms with van der Waals surface area (Å²) < 4.78 is 5.40. The smallest absolute Gasteiger partial charge is 0.0754 e. The molecule has 110 valence electrons. The van der Waals surface area contributed by atoms with Crippen molar-refractivity contribution in [1.29, 1.82) is 0 Å². The molecule has 1 aromatic carbocycles. The highest BCUT2D eigenvalue weighted by atomic mass is 16.5. The lowest BCUT2D eigenvalue weighted by Crippen LogP contribution is -2.38. The monoisotopic (exact) mass is 282 g/mol.